The van der Waals surface area contributed by atoms with Crippen LogP contribution in [0.15, 0.2) is 36.5 Å². The first-order chi connectivity index (χ1) is 10.1. The van der Waals surface area contributed by atoms with Gasteiger partial charge >= 0.3 is 0 Å². The highest BCUT2D eigenvalue weighted by Gasteiger charge is 2.13. The monoisotopic (exact) mass is 414 g/mol. The van der Waals surface area contributed by atoms with Gasteiger partial charge in [0.2, 0.25) is 0 Å². The molecular weight excluding hydrogens is 395 g/mol. The first-order valence-corrected chi connectivity index (χ1v) is 8.65. The maximum Gasteiger partial charge on any atom is 0.0542 e. The van der Waals surface area contributed by atoms with E-state index in [9.17, 15) is 0 Å². The van der Waals surface area contributed by atoms with Gasteiger partial charge in [0.05, 0.1) is 5.02 Å². The van der Waals surface area contributed by atoms with E-state index in [0.29, 0.717) is 0 Å². The zero-order chi connectivity index (χ0) is 15.2. The van der Waals surface area contributed by atoms with Gasteiger partial charge in [-0.25, -0.2) is 0 Å². The van der Waals surface area contributed by atoms with E-state index < -0.39 is 0 Å². The predicted octanol–water partition coefficient (Wildman–Crippen LogP) is 4.93. The van der Waals surface area contributed by atoms with E-state index >= 15 is 0 Å². The minimum atomic E-state index is 0.245. The fourth-order valence-electron chi connectivity index (χ4n) is 2.18. The second-order valence-corrected chi connectivity index (χ2v) is 6.78. The summed E-state index contributed by atoms with van der Waals surface area (Å²) in [6.07, 6.45) is 3.90. The highest BCUT2D eigenvalue weighted by atomic mass is 127. The Bertz CT molecular complexity index is 584. The van der Waals surface area contributed by atoms with E-state index in [1.165, 1.54) is 11.1 Å². The third-order valence-corrected chi connectivity index (χ3v) is 4.94. The molecule has 0 saturated heterocycles. The van der Waals surface area contributed by atoms with Crippen molar-refractivity contribution < 1.29 is 0 Å². The van der Waals surface area contributed by atoms with Crippen molar-refractivity contribution in [2.24, 2.45) is 0 Å². The Hall–Kier alpha value is -0.650. The molecule has 21 heavy (non-hydrogen) atoms. The number of halogens is 2. The van der Waals surface area contributed by atoms with Crippen LogP contribution >= 0.6 is 34.2 Å². The molecular formula is C17H20ClIN2. The lowest BCUT2D eigenvalue weighted by Crippen LogP contribution is -2.24. The molecule has 2 aromatic rings. The van der Waals surface area contributed by atoms with Gasteiger partial charge in [0.1, 0.15) is 0 Å². The van der Waals surface area contributed by atoms with E-state index in [4.69, 9.17) is 11.6 Å². The summed E-state index contributed by atoms with van der Waals surface area (Å²) in [5.41, 5.74) is 3.51. The minimum Gasteiger partial charge on any atom is -0.310 e. The van der Waals surface area contributed by atoms with E-state index in [1.54, 1.807) is 0 Å². The van der Waals surface area contributed by atoms with Gasteiger partial charge in [0.15, 0.2) is 0 Å². The maximum atomic E-state index is 6.26. The van der Waals surface area contributed by atoms with Crippen LogP contribution in [0, 0.1) is 10.5 Å². The van der Waals surface area contributed by atoms with Crippen LogP contribution < -0.4 is 5.32 Å². The average molecular weight is 415 g/mol. The van der Waals surface area contributed by atoms with Crippen LogP contribution in [-0.4, -0.2) is 11.5 Å². The van der Waals surface area contributed by atoms with Gasteiger partial charge < -0.3 is 5.32 Å². The van der Waals surface area contributed by atoms with Crippen molar-refractivity contribution in [2.75, 3.05) is 6.54 Å². The molecule has 2 rings (SSSR count). The third-order valence-electron chi connectivity index (χ3n) is 3.37. The molecule has 0 aliphatic carbocycles. The van der Waals surface area contributed by atoms with Crippen LogP contribution in [0.5, 0.6) is 0 Å². The number of nitrogens with zero attached hydrogens (tertiary/aromatic N) is 1. The Balaban J connectivity index is 2.20. The zero-order valence-corrected chi connectivity index (χ0v) is 15.3. The SMILES string of the molecule is CCCNC(Cc1ccc(C)cn1)c1ccc(I)c(Cl)c1. The van der Waals surface area contributed by atoms with Gasteiger partial charge in [0, 0.05) is 27.9 Å². The van der Waals surface area contributed by atoms with Crippen LogP contribution in [0.4, 0.5) is 0 Å². The molecule has 2 nitrogen and oxygen atoms in total. The van der Waals surface area contributed by atoms with Gasteiger partial charge in [-0.1, -0.05) is 30.7 Å². The molecule has 0 aliphatic rings. The smallest absolute Gasteiger partial charge is 0.0542 e. The van der Waals surface area contributed by atoms with Crippen molar-refractivity contribution in [1.29, 1.82) is 0 Å². The van der Waals surface area contributed by atoms with Crippen molar-refractivity contribution in [2.45, 2.75) is 32.7 Å². The molecule has 1 unspecified atom stereocenters. The molecule has 1 atom stereocenters. The molecule has 0 saturated carbocycles. The second kappa shape index (κ2) is 8.11. The Morgan fingerprint density at radius 2 is 2.10 bits per heavy atom. The van der Waals surface area contributed by atoms with E-state index in [1.807, 2.05) is 6.20 Å². The summed E-state index contributed by atoms with van der Waals surface area (Å²) in [6, 6.07) is 10.7. The second-order valence-electron chi connectivity index (χ2n) is 5.21. The molecule has 1 heterocycles. The Morgan fingerprint density at radius 3 is 2.71 bits per heavy atom. The lowest BCUT2D eigenvalue weighted by atomic mass is 10.0. The van der Waals surface area contributed by atoms with Crippen molar-refractivity contribution in [1.82, 2.24) is 10.3 Å². The minimum absolute atomic E-state index is 0.245. The first-order valence-electron chi connectivity index (χ1n) is 7.20. The maximum absolute atomic E-state index is 6.26. The summed E-state index contributed by atoms with van der Waals surface area (Å²) in [6.45, 7) is 5.22. The highest BCUT2D eigenvalue weighted by molar-refractivity contribution is 14.1. The van der Waals surface area contributed by atoms with E-state index in [0.717, 1.165) is 33.7 Å². The molecule has 1 aromatic carbocycles. The molecule has 0 spiro atoms. The summed E-state index contributed by atoms with van der Waals surface area (Å²) < 4.78 is 1.08. The van der Waals surface area contributed by atoms with Crippen LogP contribution in [0.1, 0.15) is 36.2 Å². The Kier molecular flexibility index (Phi) is 6.45. The predicted molar refractivity (Wildman–Crippen MR) is 97.9 cm³/mol. The van der Waals surface area contributed by atoms with E-state index in [-0.39, 0.29) is 6.04 Å². The topological polar surface area (TPSA) is 24.9 Å². The number of pyridine rings is 1. The van der Waals surface area contributed by atoms with E-state index in [2.05, 4.69) is 77.1 Å². The molecule has 112 valence electrons. The summed E-state index contributed by atoms with van der Waals surface area (Å²) in [4.78, 5) is 4.52. The number of aryl methyl sites for hydroxylation is 1. The van der Waals surface area contributed by atoms with Gasteiger partial charge in [-0.3, -0.25) is 4.98 Å². The van der Waals surface area contributed by atoms with Crippen LogP contribution in [0.2, 0.25) is 5.02 Å². The first kappa shape index (κ1) is 16.7. The van der Waals surface area contributed by atoms with Gasteiger partial charge in [0.25, 0.3) is 0 Å². The molecule has 1 aromatic heterocycles. The van der Waals surface area contributed by atoms with Crippen molar-refractivity contribution in [3.63, 3.8) is 0 Å². The molecule has 4 heteroatoms. The molecule has 0 aliphatic heterocycles. The highest BCUT2D eigenvalue weighted by Crippen LogP contribution is 2.25. The standard InChI is InChI=1S/C17H20ClIN2/c1-3-8-20-17(10-14-6-4-12(2)11-21-14)13-5-7-16(19)15(18)9-13/h4-7,9,11,17,20H,3,8,10H2,1-2H3. The zero-order valence-electron chi connectivity index (χ0n) is 12.4. The summed E-state index contributed by atoms with van der Waals surface area (Å²) >= 11 is 8.52. The molecule has 0 bridgehead atoms. The fourth-order valence-corrected chi connectivity index (χ4v) is 2.71. The number of hydrogen-bond acceptors (Lipinski definition) is 2. The normalized spacial score (nSPS) is 12.4. The van der Waals surface area contributed by atoms with Crippen LogP contribution in [-0.2, 0) is 6.42 Å². The van der Waals surface area contributed by atoms with Crippen molar-refractivity contribution in [3.05, 3.63) is 61.9 Å². The molecule has 0 radical (unpaired) electrons. The number of aromatic nitrogens is 1. The summed E-state index contributed by atoms with van der Waals surface area (Å²) in [5, 5.41) is 4.41. The summed E-state index contributed by atoms with van der Waals surface area (Å²) in [7, 11) is 0. The lowest BCUT2D eigenvalue weighted by molar-refractivity contribution is 0.524. The van der Waals surface area contributed by atoms with Crippen LogP contribution in [0.25, 0.3) is 0 Å². The largest absolute Gasteiger partial charge is 0.310 e. The van der Waals surface area contributed by atoms with Gasteiger partial charge in [-0.15, -0.1) is 0 Å². The number of rotatable bonds is 6. The van der Waals surface area contributed by atoms with Crippen molar-refractivity contribution >= 4 is 34.2 Å². The number of hydrogen-bond donors (Lipinski definition) is 1. The quantitative estimate of drug-likeness (QED) is 0.678. The fraction of sp³-hybridized carbons (Fsp3) is 0.353. The molecule has 1 N–H and O–H groups in total. The number of nitrogens with one attached hydrogen (secondary N) is 1. The Morgan fingerprint density at radius 1 is 1.29 bits per heavy atom. The van der Waals surface area contributed by atoms with Gasteiger partial charge in [-0.05, 0) is 71.8 Å². The third kappa shape index (κ3) is 4.94. The Labute approximate surface area is 145 Å². The van der Waals surface area contributed by atoms with Gasteiger partial charge in [-0.2, -0.15) is 0 Å². The van der Waals surface area contributed by atoms with Crippen molar-refractivity contribution in [3.8, 4) is 0 Å². The lowest BCUT2D eigenvalue weighted by Gasteiger charge is -2.19. The number of benzene rings is 1. The molecule has 0 fully saturated rings. The molecule has 0 amide bonds. The summed E-state index contributed by atoms with van der Waals surface area (Å²) in [5.74, 6) is 0. The van der Waals surface area contributed by atoms with Crippen LogP contribution in [0.3, 0.4) is 0 Å². The average Bonchev–Trinajstić information content (AvgIpc) is 2.48.